The van der Waals surface area contributed by atoms with Gasteiger partial charge in [0.05, 0.1) is 0 Å². The highest BCUT2D eigenvalue weighted by atomic mass is 16.4. The third-order valence-corrected chi connectivity index (χ3v) is 4.57. The lowest BCUT2D eigenvalue weighted by Crippen LogP contribution is -2.39. The second kappa shape index (κ2) is 7.62. The average Bonchev–Trinajstić information content (AvgIpc) is 2.96. The number of hydrogen-bond donors (Lipinski definition) is 1. The van der Waals surface area contributed by atoms with E-state index in [2.05, 4.69) is 4.90 Å². The highest BCUT2D eigenvalue weighted by Crippen LogP contribution is 2.22. The maximum absolute atomic E-state index is 12.1. The zero-order valence-electron chi connectivity index (χ0n) is 12.2. The smallest absolute Gasteiger partial charge is 0.303 e. The molecule has 2 aliphatic heterocycles. The molecule has 2 saturated heterocycles. The summed E-state index contributed by atoms with van der Waals surface area (Å²) < 4.78 is 0. The summed E-state index contributed by atoms with van der Waals surface area (Å²) in [6.07, 6.45) is 6.11. The molecule has 0 atom stereocenters. The van der Waals surface area contributed by atoms with Gasteiger partial charge in [0.2, 0.25) is 5.91 Å². The zero-order chi connectivity index (χ0) is 14.4. The Morgan fingerprint density at radius 3 is 2.25 bits per heavy atom. The van der Waals surface area contributed by atoms with Gasteiger partial charge < -0.3 is 14.9 Å². The van der Waals surface area contributed by atoms with Crippen LogP contribution in [0.1, 0.15) is 44.9 Å². The van der Waals surface area contributed by atoms with Gasteiger partial charge in [-0.25, -0.2) is 0 Å². The van der Waals surface area contributed by atoms with E-state index in [9.17, 15) is 9.59 Å². The van der Waals surface area contributed by atoms with Gasteiger partial charge in [-0.2, -0.15) is 0 Å². The van der Waals surface area contributed by atoms with Crippen LogP contribution in [0.2, 0.25) is 0 Å². The third kappa shape index (κ3) is 4.78. The van der Waals surface area contributed by atoms with E-state index in [1.54, 1.807) is 0 Å². The molecule has 1 N–H and O–H groups in total. The molecular formula is C15H26N2O3. The van der Waals surface area contributed by atoms with E-state index < -0.39 is 5.97 Å². The van der Waals surface area contributed by atoms with E-state index in [-0.39, 0.29) is 12.3 Å². The molecule has 114 valence electrons. The first kappa shape index (κ1) is 15.3. The minimum atomic E-state index is -0.714. The monoisotopic (exact) mass is 282 g/mol. The van der Waals surface area contributed by atoms with Crippen LogP contribution < -0.4 is 0 Å². The number of likely N-dealkylation sites (tertiary alicyclic amines) is 2. The van der Waals surface area contributed by atoms with E-state index >= 15 is 0 Å². The molecule has 0 spiro atoms. The largest absolute Gasteiger partial charge is 0.481 e. The van der Waals surface area contributed by atoms with Gasteiger partial charge in [0.1, 0.15) is 0 Å². The van der Waals surface area contributed by atoms with Crippen LogP contribution in [0.15, 0.2) is 0 Å². The minimum Gasteiger partial charge on any atom is -0.481 e. The molecule has 0 radical (unpaired) electrons. The predicted molar refractivity (Wildman–Crippen MR) is 76.5 cm³/mol. The molecule has 0 saturated carbocycles. The van der Waals surface area contributed by atoms with E-state index in [0.29, 0.717) is 12.3 Å². The highest BCUT2D eigenvalue weighted by Gasteiger charge is 2.23. The fraction of sp³-hybridized carbons (Fsp3) is 0.867. The Morgan fingerprint density at radius 2 is 1.65 bits per heavy atom. The average molecular weight is 282 g/mol. The van der Waals surface area contributed by atoms with Crippen molar-refractivity contribution in [2.45, 2.75) is 44.9 Å². The van der Waals surface area contributed by atoms with Crippen molar-refractivity contribution in [3.8, 4) is 0 Å². The van der Waals surface area contributed by atoms with Gasteiger partial charge in [0.25, 0.3) is 0 Å². The number of carbonyl (C=O) groups is 2. The number of nitrogens with zero attached hydrogens (tertiary/aromatic N) is 2. The second-order valence-corrected chi connectivity index (χ2v) is 6.06. The summed E-state index contributed by atoms with van der Waals surface area (Å²) in [6.45, 7) is 4.80. The Kier molecular flexibility index (Phi) is 5.83. The fourth-order valence-electron chi connectivity index (χ4n) is 3.22. The second-order valence-electron chi connectivity index (χ2n) is 6.06. The molecule has 5 heteroatoms. The van der Waals surface area contributed by atoms with Crippen LogP contribution in [-0.2, 0) is 9.59 Å². The molecule has 2 rings (SSSR count). The maximum Gasteiger partial charge on any atom is 0.303 e. The van der Waals surface area contributed by atoms with E-state index in [1.165, 1.54) is 12.8 Å². The fourth-order valence-corrected chi connectivity index (χ4v) is 3.22. The highest BCUT2D eigenvalue weighted by molar-refractivity contribution is 5.76. The molecule has 0 aliphatic carbocycles. The van der Waals surface area contributed by atoms with Gasteiger partial charge in [-0.05, 0) is 51.1 Å². The first-order valence-electron chi connectivity index (χ1n) is 7.87. The summed E-state index contributed by atoms with van der Waals surface area (Å²) in [7, 11) is 0. The maximum atomic E-state index is 12.1. The van der Waals surface area contributed by atoms with Crippen molar-refractivity contribution >= 4 is 11.9 Å². The molecular weight excluding hydrogens is 256 g/mol. The van der Waals surface area contributed by atoms with Crippen molar-refractivity contribution in [3.05, 3.63) is 0 Å². The summed E-state index contributed by atoms with van der Waals surface area (Å²) in [6, 6.07) is 0. The lowest BCUT2D eigenvalue weighted by atomic mass is 9.92. The summed E-state index contributed by atoms with van der Waals surface area (Å²) >= 11 is 0. The van der Waals surface area contributed by atoms with E-state index in [1.807, 2.05) is 4.90 Å². The topological polar surface area (TPSA) is 60.9 Å². The Morgan fingerprint density at radius 1 is 1.00 bits per heavy atom. The summed E-state index contributed by atoms with van der Waals surface area (Å²) in [4.78, 5) is 27.0. The van der Waals surface area contributed by atoms with Crippen LogP contribution in [0.5, 0.6) is 0 Å². The van der Waals surface area contributed by atoms with Crippen LogP contribution in [0.4, 0.5) is 0 Å². The van der Waals surface area contributed by atoms with E-state index in [0.717, 1.165) is 52.0 Å². The van der Waals surface area contributed by atoms with Crippen molar-refractivity contribution in [3.63, 3.8) is 0 Å². The number of hydrogen-bond acceptors (Lipinski definition) is 3. The number of aliphatic carboxylic acids is 1. The number of carboxylic acids is 1. The van der Waals surface area contributed by atoms with Crippen molar-refractivity contribution in [2.24, 2.45) is 5.92 Å². The molecule has 0 unspecified atom stereocenters. The van der Waals surface area contributed by atoms with Crippen LogP contribution >= 0.6 is 0 Å². The van der Waals surface area contributed by atoms with Crippen LogP contribution in [0, 0.1) is 5.92 Å². The Hall–Kier alpha value is -1.10. The van der Waals surface area contributed by atoms with Crippen LogP contribution in [0.3, 0.4) is 0 Å². The molecule has 2 heterocycles. The molecule has 20 heavy (non-hydrogen) atoms. The minimum absolute atomic E-state index is 0.258. The number of carboxylic acid groups (broad SMARTS) is 1. The number of amides is 1. The predicted octanol–water partition coefficient (Wildman–Crippen LogP) is 1.58. The Bertz CT molecular complexity index is 332. The van der Waals surface area contributed by atoms with Gasteiger partial charge in [-0.3, -0.25) is 9.59 Å². The summed E-state index contributed by atoms with van der Waals surface area (Å²) in [5.74, 6) is 0.0384. The normalized spacial score (nSPS) is 21.3. The van der Waals surface area contributed by atoms with Gasteiger partial charge in [0.15, 0.2) is 0 Å². The molecule has 2 fully saturated rings. The molecule has 0 aromatic heterocycles. The molecule has 2 aliphatic rings. The molecule has 1 amide bonds. The molecule has 0 bridgehead atoms. The lowest BCUT2D eigenvalue weighted by Gasteiger charge is -2.32. The number of carbonyl (C=O) groups excluding carboxylic acids is 1. The first-order valence-corrected chi connectivity index (χ1v) is 7.87. The molecule has 0 aromatic carbocycles. The van der Waals surface area contributed by atoms with Crippen molar-refractivity contribution in [1.29, 1.82) is 0 Å². The van der Waals surface area contributed by atoms with Gasteiger partial charge in [-0.15, -0.1) is 0 Å². The molecule has 5 nitrogen and oxygen atoms in total. The standard InChI is InChI=1S/C15H26N2O3/c18-14(7-10-16-8-1-2-9-16)17-11-5-13(6-12-17)3-4-15(19)20/h13H,1-12H2,(H,19,20). The first-order chi connectivity index (χ1) is 9.65. The summed E-state index contributed by atoms with van der Waals surface area (Å²) in [5.41, 5.74) is 0. The Labute approximate surface area is 120 Å². The molecule has 0 aromatic rings. The van der Waals surface area contributed by atoms with Gasteiger partial charge in [-0.1, -0.05) is 0 Å². The van der Waals surface area contributed by atoms with Crippen molar-refractivity contribution in [2.75, 3.05) is 32.7 Å². The third-order valence-electron chi connectivity index (χ3n) is 4.57. The van der Waals surface area contributed by atoms with Gasteiger partial charge >= 0.3 is 5.97 Å². The van der Waals surface area contributed by atoms with Crippen molar-refractivity contribution < 1.29 is 14.7 Å². The zero-order valence-corrected chi connectivity index (χ0v) is 12.2. The van der Waals surface area contributed by atoms with Crippen LogP contribution in [0.25, 0.3) is 0 Å². The SMILES string of the molecule is O=C(O)CCC1CCN(C(=O)CCN2CCCC2)CC1. The number of piperidine rings is 1. The quantitative estimate of drug-likeness (QED) is 0.803. The van der Waals surface area contributed by atoms with E-state index in [4.69, 9.17) is 5.11 Å². The van der Waals surface area contributed by atoms with Gasteiger partial charge in [0, 0.05) is 32.5 Å². The number of rotatable bonds is 6. The summed E-state index contributed by atoms with van der Waals surface area (Å²) in [5, 5.41) is 8.69. The lowest BCUT2D eigenvalue weighted by molar-refractivity contribution is -0.138. The Balaban J connectivity index is 1.62. The van der Waals surface area contributed by atoms with Crippen LogP contribution in [-0.4, -0.2) is 59.5 Å². The van der Waals surface area contributed by atoms with Crippen molar-refractivity contribution in [1.82, 2.24) is 9.80 Å².